The molecule has 0 saturated heterocycles. The monoisotopic (exact) mass is 664 g/mol. The summed E-state index contributed by atoms with van der Waals surface area (Å²) in [5.74, 6) is -3.43. The maximum absolute atomic E-state index is 12.3. The van der Waals surface area contributed by atoms with Gasteiger partial charge in [-0.1, -0.05) is 66.7 Å². The van der Waals surface area contributed by atoms with E-state index < -0.39 is 23.8 Å². The number of carboxylic acids is 3. The molecule has 10 heteroatoms. The summed E-state index contributed by atoms with van der Waals surface area (Å²) in [5.41, 5.74) is 7.14. The van der Waals surface area contributed by atoms with Gasteiger partial charge in [-0.25, -0.2) is 0 Å². The number of esters is 1. The van der Waals surface area contributed by atoms with Crippen molar-refractivity contribution in [3.63, 3.8) is 0 Å². The van der Waals surface area contributed by atoms with Crippen LogP contribution in [0.2, 0.25) is 0 Å². The van der Waals surface area contributed by atoms with Crippen LogP contribution in [0, 0.1) is 11.8 Å². The number of benzene rings is 3. The third kappa shape index (κ3) is 6.95. The largest absolute Gasteiger partial charge is 0.481 e. The van der Waals surface area contributed by atoms with E-state index in [1.165, 1.54) is 5.56 Å². The lowest BCUT2D eigenvalue weighted by Crippen LogP contribution is -2.28. The summed E-state index contributed by atoms with van der Waals surface area (Å²) in [5, 5.41) is 30.0. The third-order valence-corrected chi connectivity index (χ3v) is 9.81. The Balaban J connectivity index is 0.000000182. The molecule has 0 fully saturated rings. The van der Waals surface area contributed by atoms with Crippen LogP contribution in [0.5, 0.6) is 0 Å². The normalized spacial score (nSPS) is 18.2. The van der Waals surface area contributed by atoms with E-state index in [-0.39, 0.29) is 30.9 Å². The van der Waals surface area contributed by atoms with E-state index in [0.29, 0.717) is 38.7 Å². The van der Waals surface area contributed by atoms with Crippen LogP contribution in [0.4, 0.5) is 0 Å². The van der Waals surface area contributed by atoms with E-state index in [1.807, 2.05) is 75.9 Å². The van der Waals surface area contributed by atoms with Crippen molar-refractivity contribution in [2.45, 2.75) is 64.5 Å². The Morgan fingerprint density at radius 3 is 1.96 bits per heavy atom. The van der Waals surface area contributed by atoms with Crippen molar-refractivity contribution >= 4 is 45.7 Å². The summed E-state index contributed by atoms with van der Waals surface area (Å²) in [7, 11) is 0. The smallest absolute Gasteiger partial charge is 0.325 e. The molecule has 3 atom stereocenters. The average Bonchev–Trinajstić information content (AvgIpc) is 3.57. The zero-order valence-corrected chi connectivity index (χ0v) is 27.4. The predicted molar refractivity (Wildman–Crippen MR) is 184 cm³/mol. The molecule has 0 bridgehead atoms. The SMILES string of the molecule is CCOC(=O)Cn1c2c(c3ccccc31)CC(C(=O)O)CC2Cc1ccccc1.O=C(O)Cn1c2c(c3ccccc31)CC(C(=O)O)CC2. The first-order valence-electron chi connectivity index (χ1n) is 16.7. The summed E-state index contributed by atoms with van der Waals surface area (Å²) in [6.45, 7) is 2.21. The Hall–Kier alpha value is -5.38. The van der Waals surface area contributed by atoms with Crippen molar-refractivity contribution in [3.8, 4) is 0 Å². The molecule has 2 aromatic heterocycles. The zero-order valence-electron chi connectivity index (χ0n) is 27.4. The molecule has 5 aromatic rings. The number of carbonyl (C=O) groups excluding carboxylic acids is 1. The van der Waals surface area contributed by atoms with Crippen molar-refractivity contribution in [2.24, 2.45) is 11.8 Å². The zero-order chi connectivity index (χ0) is 34.7. The first kappa shape index (κ1) is 33.5. The highest BCUT2D eigenvalue weighted by Gasteiger charge is 2.36. The maximum Gasteiger partial charge on any atom is 0.325 e. The van der Waals surface area contributed by atoms with Crippen LogP contribution in [-0.4, -0.2) is 54.9 Å². The highest BCUT2D eigenvalue weighted by Crippen LogP contribution is 2.42. The van der Waals surface area contributed by atoms with Gasteiger partial charge < -0.3 is 29.2 Å². The predicted octanol–water partition coefficient (Wildman–Crippen LogP) is 6.09. The van der Waals surface area contributed by atoms with Gasteiger partial charge >= 0.3 is 23.9 Å². The van der Waals surface area contributed by atoms with Gasteiger partial charge in [0.1, 0.15) is 13.1 Å². The molecule has 0 saturated carbocycles. The van der Waals surface area contributed by atoms with Crippen LogP contribution in [-0.2, 0) is 62.7 Å². The molecule has 0 aliphatic heterocycles. The fourth-order valence-corrected chi connectivity index (χ4v) is 7.76. The summed E-state index contributed by atoms with van der Waals surface area (Å²) in [6, 6.07) is 25.7. The molecule has 0 amide bonds. The van der Waals surface area contributed by atoms with E-state index in [4.69, 9.17) is 9.84 Å². The number of hydrogen-bond acceptors (Lipinski definition) is 5. The van der Waals surface area contributed by atoms with Gasteiger partial charge in [-0.2, -0.15) is 0 Å². The van der Waals surface area contributed by atoms with Crippen LogP contribution < -0.4 is 0 Å². The first-order valence-corrected chi connectivity index (χ1v) is 16.7. The van der Waals surface area contributed by atoms with Crippen molar-refractivity contribution in [1.29, 1.82) is 0 Å². The molecule has 254 valence electrons. The number of hydrogen-bond donors (Lipinski definition) is 3. The maximum atomic E-state index is 12.3. The Bertz CT molecular complexity index is 2030. The van der Waals surface area contributed by atoms with Crippen molar-refractivity contribution in [2.75, 3.05) is 6.61 Å². The second kappa shape index (κ2) is 14.4. The van der Waals surface area contributed by atoms with Crippen LogP contribution in [0.3, 0.4) is 0 Å². The molecular weight excluding hydrogens is 624 g/mol. The van der Waals surface area contributed by atoms with Crippen molar-refractivity contribution in [1.82, 2.24) is 9.13 Å². The van der Waals surface area contributed by atoms with Gasteiger partial charge in [0.15, 0.2) is 0 Å². The minimum atomic E-state index is -0.881. The standard InChI is InChI=1S/C24H25NO4.C15H15NO4/c1-2-29-22(26)15-25-21-11-7-6-10-19(21)20-14-18(24(27)28)13-17(23(20)25)12-16-8-4-3-5-9-16;17-14(18)8-16-12-4-2-1-3-10(12)11-7-9(15(19)20)5-6-13(11)16/h3-11,17-18H,2,12-15H2,1H3,(H,27,28);1-4,9H,5-8H2,(H,17,18)(H,19,20). The summed E-state index contributed by atoms with van der Waals surface area (Å²) >= 11 is 0. The van der Waals surface area contributed by atoms with Gasteiger partial charge in [-0.05, 0) is 74.3 Å². The highest BCUT2D eigenvalue weighted by atomic mass is 16.5. The number of carbonyl (C=O) groups is 4. The summed E-state index contributed by atoms with van der Waals surface area (Å²) in [4.78, 5) is 46.5. The van der Waals surface area contributed by atoms with Gasteiger partial charge in [0.2, 0.25) is 0 Å². The Morgan fingerprint density at radius 1 is 0.735 bits per heavy atom. The first-order chi connectivity index (χ1) is 23.7. The number of para-hydroxylation sites is 2. The molecule has 3 unspecified atom stereocenters. The number of carboxylic acid groups (broad SMARTS) is 3. The molecule has 0 spiro atoms. The Labute approximate surface area is 283 Å². The number of rotatable bonds is 9. The molecule has 2 heterocycles. The van der Waals surface area contributed by atoms with Gasteiger partial charge in [0.25, 0.3) is 0 Å². The lowest BCUT2D eigenvalue weighted by Gasteiger charge is -2.29. The summed E-state index contributed by atoms with van der Waals surface area (Å²) in [6.07, 6.45) is 3.48. The minimum absolute atomic E-state index is 0.0316. The number of aromatic nitrogens is 2. The lowest BCUT2D eigenvalue weighted by atomic mass is 9.77. The number of fused-ring (bicyclic) bond motifs is 6. The minimum Gasteiger partial charge on any atom is -0.481 e. The van der Waals surface area contributed by atoms with Gasteiger partial charge in [0.05, 0.1) is 18.4 Å². The second-order valence-corrected chi connectivity index (χ2v) is 12.8. The Morgan fingerprint density at radius 2 is 1.33 bits per heavy atom. The van der Waals surface area contributed by atoms with E-state index in [9.17, 15) is 29.4 Å². The molecule has 0 radical (unpaired) electrons. The van der Waals surface area contributed by atoms with Crippen molar-refractivity contribution in [3.05, 3.63) is 107 Å². The summed E-state index contributed by atoms with van der Waals surface area (Å²) < 4.78 is 9.07. The van der Waals surface area contributed by atoms with Crippen LogP contribution in [0.15, 0.2) is 78.9 Å². The van der Waals surface area contributed by atoms with E-state index >= 15 is 0 Å². The van der Waals surface area contributed by atoms with Crippen LogP contribution >= 0.6 is 0 Å². The third-order valence-electron chi connectivity index (χ3n) is 9.81. The van der Waals surface area contributed by atoms with Gasteiger partial charge in [0, 0.05) is 39.1 Å². The fraction of sp³-hybridized carbons (Fsp3) is 0.333. The van der Waals surface area contributed by atoms with Crippen LogP contribution in [0.1, 0.15) is 53.8 Å². The Kier molecular flexibility index (Phi) is 9.85. The molecule has 49 heavy (non-hydrogen) atoms. The molecule has 2 aliphatic rings. The highest BCUT2D eigenvalue weighted by molar-refractivity contribution is 5.89. The molecule has 3 N–H and O–H groups in total. The number of nitrogens with zero attached hydrogens (tertiary/aromatic N) is 2. The average molecular weight is 665 g/mol. The molecule has 7 rings (SSSR count). The molecule has 2 aliphatic carbocycles. The topological polar surface area (TPSA) is 148 Å². The second-order valence-electron chi connectivity index (χ2n) is 12.8. The molecule has 10 nitrogen and oxygen atoms in total. The quantitative estimate of drug-likeness (QED) is 0.160. The van der Waals surface area contributed by atoms with E-state index in [2.05, 4.69) is 12.1 Å². The van der Waals surface area contributed by atoms with E-state index in [1.54, 1.807) is 6.92 Å². The van der Waals surface area contributed by atoms with Crippen molar-refractivity contribution < 1.29 is 39.2 Å². The molecular formula is C39H40N2O8. The lowest BCUT2D eigenvalue weighted by molar-refractivity contribution is -0.144. The molecule has 3 aromatic carbocycles. The van der Waals surface area contributed by atoms with Crippen LogP contribution in [0.25, 0.3) is 21.8 Å². The van der Waals surface area contributed by atoms with E-state index in [0.717, 1.165) is 50.7 Å². The van der Waals surface area contributed by atoms with Gasteiger partial charge in [-0.15, -0.1) is 0 Å². The fourth-order valence-electron chi connectivity index (χ4n) is 7.76. The number of ether oxygens (including phenoxy) is 1. The number of aliphatic carboxylic acids is 3. The van der Waals surface area contributed by atoms with Gasteiger partial charge in [-0.3, -0.25) is 19.2 Å².